The molecule has 6 aromatic carbocycles. The van der Waals surface area contributed by atoms with Crippen molar-refractivity contribution in [1.29, 1.82) is 0 Å². The third kappa shape index (κ3) is 20.9. The first-order valence-corrected chi connectivity index (χ1v) is 41.4. The summed E-state index contributed by atoms with van der Waals surface area (Å²) in [6, 6.07) is 24.4. The van der Waals surface area contributed by atoms with Crippen LogP contribution in [-0.4, -0.2) is 255 Å². The number of halogens is 8. The van der Waals surface area contributed by atoms with Crippen molar-refractivity contribution >= 4 is 82.0 Å². The molecule has 2 unspecified atom stereocenters. The molecule has 15 rings (SSSR count). The highest BCUT2D eigenvalue weighted by Gasteiger charge is 2.45. The number of carbonyl (C=O) groups is 6. The zero-order valence-corrected chi connectivity index (χ0v) is 74.5. The monoisotopic (exact) mass is 1830 g/mol. The fourth-order valence-electron chi connectivity index (χ4n) is 15.9. The van der Waals surface area contributed by atoms with Crippen LogP contribution in [0, 0.1) is 12.7 Å². The summed E-state index contributed by atoms with van der Waals surface area (Å²) in [6.45, 7) is 10.8. The SMILES string of the molecule is COc1cc(C(=O)NC2CCN(C)C[C@H]2OC)c(C)cc1Nc1ncc(Cl)c(Oc2cccc3c2C(=O)N(C)C3(C)C)n1.COc1cc(C(=O)NC2CCN(C)C[C@H]2OC)ccc1Nc1ncc(C(F)(F)F)c(Oc2cccc3c2C(=O)N(C)C3)n1.COc1cc(C(=O)N[C@H]2CCN(C)C[C@@H]2OC)c(F)cc1Nc1ncc(C(F)(F)F)c(Oc2cccc3c2C(=O)N(C)C3)n1. The van der Waals surface area contributed by atoms with Crippen LogP contribution < -0.4 is 60.3 Å². The molecule has 0 bridgehead atoms. The van der Waals surface area contributed by atoms with E-state index in [-0.39, 0.29) is 141 Å². The fraction of sp³-hybridized carbons (Fsp3) is 0.393. The molecular weight excluding hydrogens is 1730 g/mol. The van der Waals surface area contributed by atoms with Gasteiger partial charge < -0.3 is 104 Å². The molecule has 0 radical (unpaired) electrons. The molecule has 6 aliphatic rings. The van der Waals surface area contributed by atoms with Crippen molar-refractivity contribution < 1.29 is 102 Å². The van der Waals surface area contributed by atoms with Crippen LogP contribution in [0.15, 0.2) is 116 Å². The first kappa shape index (κ1) is 94.7. The van der Waals surface area contributed by atoms with Crippen LogP contribution in [0.25, 0.3) is 0 Å². The zero-order valence-electron chi connectivity index (χ0n) is 73.7. The number of likely N-dealkylation sites (N-methyl/N-ethyl adjacent to an activating group) is 3. The van der Waals surface area contributed by atoms with E-state index in [9.17, 15) is 55.1 Å². The smallest absolute Gasteiger partial charge is 0.423 e. The van der Waals surface area contributed by atoms with E-state index in [0.717, 1.165) is 56.2 Å². The largest absolute Gasteiger partial charge is 0.495 e. The molecule has 6 amide bonds. The number of hydrogen-bond donors (Lipinski definition) is 6. The molecule has 33 nitrogen and oxygen atoms in total. The van der Waals surface area contributed by atoms with Crippen molar-refractivity contribution in [2.45, 2.75) is 107 Å². The Hall–Kier alpha value is -12.9. The van der Waals surface area contributed by atoms with Crippen molar-refractivity contribution in [3.63, 3.8) is 0 Å². The fourth-order valence-corrected chi connectivity index (χ4v) is 16.0. The topological polar surface area (TPSA) is 354 Å². The van der Waals surface area contributed by atoms with Crippen molar-refractivity contribution in [2.75, 3.05) is 140 Å². The predicted molar refractivity (Wildman–Crippen MR) is 463 cm³/mol. The van der Waals surface area contributed by atoms with Gasteiger partial charge in [0.1, 0.15) is 56.5 Å². The summed E-state index contributed by atoms with van der Waals surface area (Å²) < 4.78 is 149. The van der Waals surface area contributed by atoms with Crippen LogP contribution in [0.2, 0.25) is 5.02 Å². The van der Waals surface area contributed by atoms with Crippen LogP contribution in [0.1, 0.15) is 129 Å². The number of likely N-dealkylation sites (tertiary alicyclic amines) is 3. The number of nitrogens with one attached hydrogen (secondary N) is 6. The van der Waals surface area contributed by atoms with Gasteiger partial charge in [-0.25, -0.2) is 19.3 Å². The van der Waals surface area contributed by atoms with Crippen LogP contribution in [0.4, 0.5) is 65.6 Å². The molecule has 3 aromatic heterocycles. The first-order valence-electron chi connectivity index (χ1n) is 41.0. The van der Waals surface area contributed by atoms with E-state index in [0.29, 0.717) is 89.1 Å². The van der Waals surface area contributed by atoms with Crippen molar-refractivity contribution in [3.8, 4) is 52.1 Å². The lowest BCUT2D eigenvalue weighted by molar-refractivity contribution is -0.140. The summed E-state index contributed by atoms with van der Waals surface area (Å²) in [5, 5.41) is 17.8. The van der Waals surface area contributed by atoms with Gasteiger partial charge in [-0.3, -0.25) is 28.8 Å². The summed E-state index contributed by atoms with van der Waals surface area (Å²) in [6.07, 6.45) is -5.59. The number of piperidine rings is 3. The van der Waals surface area contributed by atoms with Crippen LogP contribution in [-0.2, 0) is 45.2 Å². The second-order valence-electron chi connectivity index (χ2n) is 32.4. The van der Waals surface area contributed by atoms with Crippen molar-refractivity contribution in [3.05, 3.63) is 193 Å². The maximum Gasteiger partial charge on any atom is 0.423 e. The Morgan fingerprint density at radius 2 is 0.869 bits per heavy atom. The second-order valence-corrected chi connectivity index (χ2v) is 32.8. The van der Waals surface area contributed by atoms with Gasteiger partial charge >= 0.3 is 12.4 Å². The molecule has 0 saturated carbocycles. The average Bonchev–Trinajstić information content (AvgIpc) is 1.59. The van der Waals surface area contributed by atoms with Gasteiger partial charge in [0.15, 0.2) is 0 Å². The molecule has 3 saturated heterocycles. The highest BCUT2D eigenvalue weighted by Crippen LogP contribution is 2.47. The normalized spacial score (nSPS) is 19.0. The minimum absolute atomic E-state index is 0.00342. The number of alkyl halides is 6. The number of benzene rings is 6. The highest BCUT2D eigenvalue weighted by atomic mass is 35.5. The number of hydrogen-bond acceptors (Lipinski definition) is 27. The number of amides is 6. The summed E-state index contributed by atoms with van der Waals surface area (Å²) in [7, 11) is 19.9. The molecular formula is C89H98ClF7N18O15. The minimum Gasteiger partial charge on any atom is -0.495 e. The van der Waals surface area contributed by atoms with E-state index in [1.165, 1.54) is 74.8 Å². The Kier molecular flexibility index (Phi) is 28.9. The number of rotatable bonds is 24. The van der Waals surface area contributed by atoms with E-state index in [1.54, 1.807) is 88.8 Å². The molecule has 690 valence electrons. The van der Waals surface area contributed by atoms with Gasteiger partial charge in [-0.15, -0.1) is 0 Å². The van der Waals surface area contributed by atoms with E-state index in [4.69, 9.17) is 54.2 Å². The number of aromatic nitrogens is 6. The Labute approximate surface area is 748 Å². The molecule has 41 heteroatoms. The molecule has 0 spiro atoms. The van der Waals surface area contributed by atoms with E-state index in [1.807, 2.05) is 54.0 Å². The Morgan fingerprint density at radius 3 is 1.33 bits per heavy atom. The summed E-state index contributed by atoms with van der Waals surface area (Å²) >= 11 is 6.42. The lowest BCUT2D eigenvalue weighted by Crippen LogP contribution is -2.53. The van der Waals surface area contributed by atoms with E-state index < -0.39 is 58.4 Å². The van der Waals surface area contributed by atoms with Gasteiger partial charge in [0.05, 0.1) is 109 Å². The summed E-state index contributed by atoms with van der Waals surface area (Å²) in [5.74, 6) is -4.12. The lowest BCUT2D eigenvalue weighted by Gasteiger charge is -2.36. The number of ether oxygens (including phenoxy) is 9. The third-order valence-electron chi connectivity index (χ3n) is 23.3. The molecule has 130 heavy (non-hydrogen) atoms. The molecule has 6 aliphatic heterocycles. The molecule has 9 aromatic rings. The Morgan fingerprint density at radius 1 is 0.469 bits per heavy atom. The predicted octanol–water partition coefficient (Wildman–Crippen LogP) is 13.0. The maximum absolute atomic E-state index is 15.3. The third-order valence-corrected chi connectivity index (χ3v) is 23.6. The molecule has 6 N–H and O–H groups in total. The second kappa shape index (κ2) is 39.6. The van der Waals surface area contributed by atoms with Crippen LogP contribution in [0.5, 0.6) is 52.1 Å². The van der Waals surface area contributed by atoms with Gasteiger partial charge in [-0.2, -0.15) is 41.3 Å². The lowest BCUT2D eigenvalue weighted by atomic mass is 9.94. The van der Waals surface area contributed by atoms with Gasteiger partial charge in [0.25, 0.3) is 35.4 Å². The molecule has 3 fully saturated rings. The van der Waals surface area contributed by atoms with Gasteiger partial charge in [-0.1, -0.05) is 48.0 Å². The number of carbonyl (C=O) groups excluding carboxylic acids is 6. The first-order chi connectivity index (χ1) is 61.8. The highest BCUT2D eigenvalue weighted by molar-refractivity contribution is 6.31. The summed E-state index contributed by atoms with van der Waals surface area (Å²) in [4.78, 5) is 113. The van der Waals surface area contributed by atoms with Crippen LogP contribution in [0.3, 0.4) is 0 Å². The van der Waals surface area contributed by atoms with Crippen molar-refractivity contribution in [1.82, 2.24) is 75.3 Å². The number of fused-ring (bicyclic) bond motifs is 3. The maximum atomic E-state index is 15.3. The molecule has 9 heterocycles. The van der Waals surface area contributed by atoms with Gasteiger partial charge in [-0.05, 0) is 158 Å². The van der Waals surface area contributed by atoms with Crippen molar-refractivity contribution in [2.24, 2.45) is 0 Å². The standard InChI is InChI=1S/C31H37ClN6O5.C29H30F4N6O5.C29H31F3N6O5/c1-17-13-22(24(41-6)14-18(17)27(39)34-21-11-12-37(4)16-25(21)42-7)35-30-33-15-20(32)28(36-30)43-23-10-8-9-19-26(23)29(40)38(5)31(19,2)3;1-38-9-8-19(23(14-38)43-4)35-25(40)16-10-22(42-3)20(11-18(16)30)36-28-34-12-17(29(31,32)33)26(37-28)44-21-7-5-6-15-13-39(2)27(41)24(15)21;1-37-11-10-20(23(15-37)42-4)34-25(39)16-8-9-19(22(12-16)41-3)35-28-33-13-18(29(30,31)32)26(36-28)43-21-7-5-6-17-14-38(2)27(40)24(17)21/h8-10,13-15,21,25H,11-12,16H2,1-7H3,(H,34,39)(H,33,35,36);5-7,10-12,19,23H,8-9,13-14H2,1-4H3,(H,35,40)(H,34,36,37);5-9,12-13,20,23H,10-11,14-15H2,1-4H3,(H,34,39)(H,33,35,36)/t21?,25-;19-,23-;20?,23-/m101/s1. The molecule has 6 atom stereocenters. The number of anilines is 6. The van der Waals surface area contributed by atoms with Gasteiger partial charge in [0.2, 0.25) is 35.5 Å². The average molecular weight is 1830 g/mol. The quantitative estimate of drug-likeness (QED) is 0.0306. The Balaban J connectivity index is 0.000000166. The zero-order chi connectivity index (χ0) is 93.7. The van der Waals surface area contributed by atoms with E-state index in [2.05, 4.69) is 76.5 Å². The van der Waals surface area contributed by atoms with Crippen LogP contribution >= 0.6 is 11.6 Å². The molecule has 0 aliphatic carbocycles. The minimum atomic E-state index is -4.89. The number of methoxy groups -OCH3 is 6. The van der Waals surface area contributed by atoms with Gasteiger partial charge in [0, 0.05) is 105 Å². The number of aryl methyl sites for hydroxylation is 1. The Bertz CT molecular complexity index is 5780. The number of nitrogens with zero attached hydrogens (tertiary/aromatic N) is 12. The summed E-state index contributed by atoms with van der Waals surface area (Å²) in [5.41, 5.74) is 1.94. The van der Waals surface area contributed by atoms with E-state index >= 15 is 4.39 Å².